The number of nitrogens with two attached hydrogens (primary N) is 1. The summed E-state index contributed by atoms with van der Waals surface area (Å²) in [6.45, 7) is 4.20. The van der Waals surface area contributed by atoms with Gasteiger partial charge in [-0.1, -0.05) is 18.2 Å². The predicted octanol–water partition coefficient (Wildman–Crippen LogP) is 1.74. The molecular weight excluding hydrogens is 250 g/mol. The molecule has 0 fully saturated rings. The molecule has 0 radical (unpaired) electrons. The van der Waals surface area contributed by atoms with Crippen LogP contribution in [0.1, 0.15) is 25.8 Å². The highest BCUT2D eigenvalue weighted by molar-refractivity contribution is 7.91. The Morgan fingerprint density at radius 2 is 1.94 bits per heavy atom. The third kappa shape index (κ3) is 4.31. The van der Waals surface area contributed by atoms with E-state index in [1.165, 1.54) is 0 Å². The van der Waals surface area contributed by atoms with Crippen LogP contribution in [-0.2, 0) is 16.4 Å². The first-order chi connectivity index (χ1) is 8.47. The van der Waals surface area contributed by atoms with E-state index in [1.807, 2.05) is 24.3 Å². The highest BCUT2D eigenvalue weighted by atomic mass is 32.2. The Morgan fingerprint density at radius 1 is 1.28 bits per heavy atom. The summed E-state index contributed by atoms with van der Waals surface area (Å²) >= 11 is 0. The summed E-state index contributed by atoms with van der Waals surface area (Å²) < 4.78 is 28.7. The number of hydrogen-bond donors (Lipinski definition) is 1. The van der Waals surface area contributed by atoms with E-state index in [0.717, 1.165) is 11.3 Å². The summed E-state index contributed by atoms with van der Waals surface area (Å²) in [5.74, 6) is 0.900. The first-order valence-corrected chi connectivity index (χ1v) is 7.81. The molecule has 0 atom stereocenters. The Kier molecular flexibility index (Phi) is 5.62. The molecule has 0 saturated carbocycles. The Labute approximate surface area is 109 Å². The van der Waals surface area contributed by atoms with Gasteiger partial charge in [0.1, 0.15) is 5.75 Å². The summed E-state index contributed by atoms with van der Waals surface area (Å²) in [5, 5.41) is -0.325. The molecule has 0 aliphatic carbocycles. The van der Waals surface area contributed by atoms with Gasteiger partial charge in [-0.05, 0) is 26.3 Å². The number of para-hydroxylation sites is 1. The molecule has 0 aliphatic rings. The molecule has 2 N–H and O–H groups in total. The maximum atomic E-state index is 11.6. The highest BCUT2D eigenvalue weighted by Gasteiger charge is 2.15. The minimum atomic E-state index is -2.97. The summed E-state index contributed by atoms with van der Waals surface area (Å²) in [4.78, 5) is 0. The number of benzene rings is 1. The van der Waals surface area contributed by atoms with Crippen LogP contribution < -0.4 is 10.5 Å². The fourth-order valence-electron chi connectivity index (χ4n) is 1.49. The molecule has 4 nitrogen and oxygen atoms in total. The Bertz CT molecular complexity index is 469. The normalized spacial score (nSPS) is 11.8. The fraction of sp³-hybridized carbons (Fsp3) is 0.538. The molecular formula is C13H21NO3S. The number of hydrogen-bond acceptors (Lipinski definition) is 4. The van der Waals surface area contributed by atoms with Crippen LogP contribution >= 0.6 is 0 Å². The largest absolute Gasteiger partial charge is 0.493 e. The average Bonchev–Trinajstić information content (AvgIpc) is 2.35. The number of ether oxygens (including phenoxy) is 1. The molecule has 0 saturated heterocycles. The first-order valence-electron chi connectivity index (χ1n) is 6.09. The molecule has 0 amide bonds. The van der Waals surface area contributed by atoms with Crippen LogP contribution in [0.3, 0.4) is 0 Å². The third-order valence-electron chi connectivity index (χ3n) is 2.74. The molecule has 0 heterocycles. The van der Waals surface area contributed by atoms with Crippen molar-refractivity contribution in [2.45, 2.75) is 32.1 Å². The minimum absolute atomic E-state index is 0.162. The van der Waals surface area contributed by atoms with Crippen LogP contribution in [0.25, 0.3) is 0 Å². The van der Waals surface area contributed by atoms with Crippen LogP contribution in [0, 0.1) is 0 Å². The van der Waals surface area contributed by atoms with E-state index in [4.69, 9.17) is 10.5 Å². The van der Waals surface area contributed by atoms with Gasteiger partial charge in [0.25, 0.3) is 0 Å². The van der Waals surface area contributed by atoms with E-state index in [1.54, 1.807) is 13.8 Å². The van der Waals surface area contributed by atoms with Gasteiger partial charge < -0.3 is 10.5 Å². The van der Waals surface area contributed by atoms with Crippen molar-refractivity contribution in [3.8, 4) is 5.75 Å². The summed E-state index contributed by atoms with van der Waals surface area (Å²) in [7, 11) is -2.97. The highest BCUT2D eigenvalue weighted by Crippen LogP contribution is 2.17. The Morgan fingerprint density at radius 3 is 2.56 bits per heavy atom. The van der Waals surface area contributed by atoms with Gasteiger partial charge in [-0.25, -0.2) is 8.42 Å². The van der Waals surface area contributed by atoms with Crippen LogP contribution in [0.5, 0.6) is 5.75 Å². The molecule has 0 aliphatic heterocycles. The molecule has 18 heavy (non-hydrogen) atoms. The van der Waals surface area contributed by atoms with Gasteiger partial charge in [-0.15, -0.1) is 0 Å². The standard InChI is InChI=1S/C13H21NO3S/c1-11(2)18(15,16)9-5-8-17-13-7-4-3-6-12(13)10-14/h3-4,6-7,11H,5,8-10,14H2,1-2H3. The summed E-state index contributed by atoms with van der Waals surface area (Å²) in [5.41, 5.74) is 6.52. The van der Waals surface area contributed by atoms with Crippen molar-refractivity contribution in [1.82, 2.24) is 0 Å². The van der Waals surface area contributed by atoms with E-state index in [9.17, 15) is 8.42 Å². The van der Waals surface area contributed by atoms with Crippen molar-refractivity contribution in [1.29, 1.82) is 0 Å². The van der Waals surface area contributed by atoms with Gasteiger partial charge in [0.15, 0.2) is 9.84 Å². The fourth-order valence-corrected chi connectivity index (χ4v) is 2.48. The smallest absolute Gasteiger partial charge is 0.152 e. The number of sulfone groups is 1. The van der Waals surface area contributed by atoms with Crippen molar-refractivity contribution in [3.05, 3.63) is 29.8 Å². The van der Waals surface area contributed by atoms with E-state index >= 15 is 0 Å². The minimum Gasteiger partial charge on any atom is -0.493 e. The first kappa shape index (κ1) is 15.0. The van der Waals surface area contributed by atoms with Gasteiger partial charge in [0, 0.05) is 12.1 Å². The van der Waals surface area contributed by atoms with Crippen molar-refractivity contribution in [2.75, 3.05) is 12.4 Å². The van der Waals surface area contributed by atoms with Gasteiger partial charge in [0.2, 0.25) is 0 Å². The molecule has 1 aromatic rings. The topological polar surface area (TPSA) is 69.4 Å². The Hall–Kier alpha value is -1.07. The molecule has 102 valence electrons. The molecule has 0 spiro atoms. The van der Waals surface area contributed by atoms with Crippen LogP contribution in [-0.4, -0.2) is 26.0 Å². The molecule has 0 bridgehead atoms. The van der Waals surface area contributed by atoms with Gasteiger partial charge in [0.05, 0.1) is 17.6 Å². The zero-order chi connectivity index (χ0) is 13.6. The van der Waals surface area contributed by atoms with Gasteiger partial charge >= 0.3 is 0 Å². The van der Waals surface area contributed by atoms with Crippen molar-refractivity contribution in [3.63, 3.8) is 0 Å². The Balaban J connectivity index is 2.43. The lowest BCUT2D eigenvalue weighted by Crippen LogP contribution is -2.19. The van der Waals surface area contributed by atoms with Crippen molar-refractivity contribution < 1.29 is 13.2 Å². The average molecular weight is 271 g/mol. The van der Waals surface area contributed by atoms with E-state index < -0.39 is 9.84 Å². The monoisotopic (exact) mass is 271 g/mol. The maximum absolute atomic E-state index is 11.6. The predicted molar refractivity (Wildman–Crippen MR) is 73.4 cm³/mol. The lowest BCUT2D eigenvalue weighted by Gasteiger charge is -2.11. The summed E-state index contributed by atoms with van der Waals surface area (Å²) in [6.07, 6.45) is 0.499. The third-order valence-corrected chi connectivity index (χ3v) is 5.04. The second-order valence-corrected chi connectivity index (χ2v) is 7.11. The molecule has 5 heteroatoms. The van der Waals surface area contributed by atoms with E-state index in [-0.39, 0.29) is 11.0 Å². The SMILES string of the molecule is CC(C)S(=O)(=O)CCCOc1ccccc1CN. The second kappa shape index (κ2) is 6.75. The van der Waals surface area contributed by atoms with Gasteiger partial charge in [-0.2, -0.15) is 0 Å². The zero-order valence-electron chi connectivity index (χ0n) is 10.9. The molecule has 0 aromatic heterocycles. The maximum Gasteiger partial charge on any atom is 0.152 e. The second-order valence-electron chi connectivity index (χ2n) is 4.43. The number of rotatable bonds is 7. The quantitative estimate of drug-likeness (QED) is 0.767. The molecule has 1 rings (SSSR count). The van der Waals surface area contributed by atoms with E-state index in [0.29, 0.717) is 19.6 Å². The lowest BCUT2D eigenvalue weighted by atomic mass is 10.2. The molecule has 0 unspecified atom stereocenters. The lowest BCUT2D eigenvalue weighted by molar-refractivity contribution is 0.314. The zero-order valence-corrected chi connectivity index (χ0v) is 11.7. The molecule has 1 aromatic carbocycles. The summed E-state index contributed by atoms with van der Waals surface area (Å²) in [6, 6.07) is 7.52. The van der Waals surface area contributed by atoms with Crippen molar-refractivity contribution in [2.24, 2.45) is 5.73 Å². The van der Waals surface area contributed by atoms with Gasteiger partial charge in [-0.3, -0.25) is 0 Å². The van der Waals surface area contributed by atoms with Crippen LogP contribution in [0.2, 0.25) is 0 Å². The van der Waals surface area contributed by atoms with Crippen LogP contribution in [0.4, 0.5) is 0 Å². The van der Waals surface area contributed by atoms with E-state index in [2.05, 4.69) is 0 Å². The van der Waals surface area contributed by atoms with Crippen LogP contribution in [0.15, 0.2) is 24.3 Å². The van der Waals surface area contributed by atoms with Crippen molar-refractivity contribution >= 4 is 9.84 Å².